The molecule has 1 saturated heterocycles. The molecule has 0 amide bonds. The molecular weight excluding hydrogens is 268 g/mol. The first-order valence-corrected chi connectivity index (χ1v) is 10.2. The minimum Gasteiger partial charge on any atom is -0.304 e. The van der Waals surface area contributed by atoms with Crippen molar-refractivity contribution in [2.45, 2.75) is 96.9 Å². The van der Waals surface area contributed by atoms with Crippen LogP contribution < -0.4 is 0 Å². The lowest BCUT2D eigenvalue weighted by Gasteiger charge is -2.38. The summed E-state index contributed by atoms with van der Waals surface area (Å²) in [6.07, 6.45) is 17.2. The quantitative estimate of drug-likeness (QED) is 0.425. The van der Waals surface area contributed by atoms with Crippen LogP contribution in [0.2, 0.25) is 0 Å². The number of hydrogen-bond acceptors (Lipinski definition) is 2. The number of hydrogen-bond donors (Lipinski definition) is 0. The number of piperazine rings is 1. The molecule has 22 heavy (non-hydrogen) atoms. The standard InChI is InChI=1S/C20H42N2/c1-4-6-8-10-12-14-20(15-13-11-9-7-5-2)22-18-16-21(3)17-19-22/h20H,4-19H2,1-3H3. The molecule has 0 aromatic rings. The number of rotatable bonds is 13. The number of unbranched alkanes of at least 4 members (excludes halogenated alkanes) is 8. The lowest BCUT2D eigenvalue weighted by atomic mass is 9.98. The van der Waals surface area contributed by atoms with Gasteiger partial charge in [0.15, 0.2) is 0 Å². The highest BCUT2D eigenvalue weighted by Gasteiger charge is 2.21. The first-order valence-electron chi connectivity index (χ1n) is 10.2. The zero-order valence-electron chi connectivity index (χ0n) is 15.8. The highest BCUT2D eigenvalue weighted by molar-refractivity contribution is 4.77. The van der Waals surface area contributed by atoms with Crippen molar-refractivity contribution < 1.29 is 0 Å². The second-order valence-electron chi connectivity index (χ2n) is 7.40. The van der Waals surface area contributed by atoms with E-state index in [1.165, 1.54) is 103 Å². The highest BCUT2D eigenvalue weighted by Crippen LogP contribution is 2.19. The highest BCUT2D eigenvalue weighted by atomic mass is 15.3. The Bertz CT molecular complexity index is 220. The van der Waals surface area contributed by atoms with Crippen LogP contribution in [0.1, 0.15) is 90.9 Å². The van der Waals surface area contributed by atoms with Gasteiger partial charge in [-0.3, -0.25) is 4.90 Å². The van der Waals surface area contributed by atoms with Crippen molar-refractivity contribution in [3.05, 3.63) is 0 Å². The predicted molar refractivity (Wildman–Crippen MR) is 99.6 cm³/mol. The van der Waals surface area contributed by atoms with E-state index in [4.69, 9.17) is 0 Å². The molecule has 1 rings (SSSR count). The van der Waals surface area contributed by atoms with Crippen molar-refractivity contribution in [2.75, 3.05) is 33.2 Å². The van der Waals surface area contributed by atoms with Gasteiger partial charge in [0.1, 0.15) is 0 Å². The van der Waals surface area contributed by atoms with Gasteiger partial charge in [0.25, 0.3) is 0 Å². The largest absolute Gasteiger partial charge is 0.304 e. The van der Waals surface area contributed by atoms with E-state index >= 15 is 0 Å². The Labute approximate surface area is 140 Å². The molecule has 0 N–H and O–H groups in total. The van der Waals surface area contributed by atoms with Crippen LogP contribution in [-0.2, 0) is 0 Å². The molecule has 1 aliphatic rings. The summed E-state index contributed by atoms with van der Waals surface area (Å²) in [5.74, 6) is 0. The third-order valence-electron chi connectivity index (χ3n) is 5.34. The van der Waals surface area contributed by atoms with E-state index in [-0.39, 0.29) is 0 Å². The summed E-state index contributed by atoms with van der Waals surface area (Å²) in [5, 5.41) is 0. The molecule has 0 atom stereocenters. The van der Waals surface area contributed by atoms with Crippen LogP contribution in [0.3, 0.4) is 0 Å². The molecule has 132 valence electrons. The third-order valence-corrected chi connectivity index (χ3v) is 5.34. The van der Waals surface area contributed by atoms with Gasteiger partial charge in [0.05, 0.1) is 0 Å². The van der Waals surface area contributed by atoms with Gasteiger partial charge in [-0.05, 0) is 19.9 Å². The molecule has 1 heterocycles. The molecule has 0 unspecified atom stereocenters. The Kier molecular flexibility index (Phi) is 12.1. The summed E-state index contributed by atoms with van der Waals surface area (Å²) < 4.78 is 0. The summed E-state index contributed by atoms with van der Waals surface area (Å²) in [5.41, 5.74) is 0. The van der Waals surface area contributed by atoms with Gasteiger partial charge in [0, 0.05) is 32.2 Å². The predicted octanol–water partition coefficient (Wildman–Crippen LogP) is 5.32. The molecule has 0 aliphatic carbocycles. The fourth-order valence-electron chi connectivity index (χ4n) is 3.66. The van der Waals surface area contributed by atoms with Gasteiger partial charge in [-0.15, -0.1) is 0 Å². The second kappa shape index (κ2) is 13.4. The number of nitrogens with zero attached hydrogens (tertiary/aromatic N) is 2. The summed E-state index contributed by atoms with van der Waals surface area (Å²) in [6.45, 7) is 9.74. The molecular formula is C20H42N2. The van der Waals surface area contributed by atoms with Gasteiger partial charge in [-0.25, -0.2) is 0 Å². The smallest absolute Gasteiger partial charge is 0.0113 e. The van der Waals surface area contributed by atoms with E-state index < -0.39 is 0 Å². The van der Waals surface area contributed by atoms with Crippen LogP contribution in [0.25, 0.3) is 0 Å². The summed E-state index contributed by atoms with van der Waals surface area (Å²) in [4.78, 5) is 5.29. The van der Waals surface area contributed by atoms with Crippen LogP contribution in [0.5, 0.6) is 0 Å². The zero-order valence-corrected chi connectivity index (χ0v) is 15.8. The molecule has 2 heteroatoms. The Morgan fingerprint density at radius 1 is 0.636 bits per heavy atom. The van der Waals surface area contributed by atoms with E-state index in [1.807, 2.05) is 0 Å². The van der Waals surface area contributed by atoms with E-state index in [2.05, 4.69) is 30.7 Å². The minimum absolute atomic E-state index is 0.872. The Balaban J connectivity index is 2.25. The maximum absolute atomic E-state index is 2.81. The lowest BCUT2D eigenvalue weighted by molar-refractivity contribution is 0.0989. The molecule has 0 saturated carbocycles. The SMILES string of the molecule is CCCCCCCC(CCCCCCC)N1CCN(C)CC1. The van der Waals surface area contributed by atoms with E-state index in [1.54, 1.807) is 0 Å². The van der Waals surface area contributed by atoms with Crippen LogP contribution >= 0.6 is 0 Å². The molecule has 0 aromatic carbocycles. The maximum Gasteiger partial charge on any atom is 0.0113 e. The fourth-order valence-corrected chi connectivity index (χ4v) is 3.66. The normalized spacial score (nSPS) is 17.5. The van der Waals surface area contributed by atoms with Crippen molar-refractivity contribution in [3.63, 3.8) is 0 Å². The van der Waals surface area contributed by atoms with Crippen LogP contribution in [-0.4, -0.2) is 49.1 Å². The first-order chi connectivity index (χ1) is 10.8. The fraction of sp³-hybridized carbons (Fsp3) is 1.00. The molecule has 0 spiro atoms. The van der Waals surface area contributed by atoms with Gasteiger partial charge in [0.2, 0.25) is 0 Å². The Morgan fingerprint density at radius 3 is 1.55 bits per heavy atom. The van der Waals surface area contributed by atoms with Crippen molar-refractivity contribution in [1.29, 1.82) is 0 Å². The van der Waals surface area contributed by atoms with Crippen LogP contribution in [0, 0.1) is 0 Å². The van der Waals surface area contributed by atoms with Crippen molar-refractivity contribution in [1.82, 2.24) is 9.80 Å². The summed E-state index contributed by atoms with van der Waals surface area (Å²) in [7, 11) is 2.27. The van der Waals surface area contributed by atoms with E-state index in [0.717, 1.165) is 6.04 Å². The van der Waals surface area contributed by atoms with Crippen LogP contribution in [0.15, 0.2) is 0 Å². The average molecular weight is 311 g/mol. The van der Waals surface area contributed by atoms with E-state index in [0.29, 0.717) is 0 Å². The molecule has 0 radical (unpaired) electrons. The molecule has 0 bridgehead atoms. The maximum atomic E-state index is 2.81. The number of likely N-dealkylation sites (N-methyl/N-ethyl adjacent to an activating group) is 1. The monoisotopic (exact) mass is 310 g/mol. The van der Waals surface area contributed by atoms with Crippen LogP contribution in [0.4, 0.5) is 0 Å². The molecule has 2 nitrogen and oxygen atoms in total. The van der Waals surface area contributed by atoms with Gasteiger partial charge in [-0.2, -0.15) is 0 Å². The summed E-state index contributed by atoms with van der Waals surface area (Å²) >= 11 is 0. The average Bonchev–Trinajstić information content (AvgIpc) is 2.53. The molecule has 1 aliphatic heterocycles. The topological polar surface area (TPSA) is 6.48 Å². The molecule has 1 fully saturated rings. The zero-order chi connectivity index (χ0) is 16.0. The van der Waals surface area contributed by atoms with Crippen molar-refractivity contribution in [2.24, 2.45) is 0 Å². The first kappa shape index (κ1) is 20.0. The van der Waals surface area contributed by atoms with Gasteiger partial charge >= 0.3 is 0 Å². The summed E-state index contributed by atoms with van der Waals surface area (Å²) in [6, 6.07) is 0.872. The second-order valence-corrected chi connectivity index (χ2v) is 7.40. The third kappa shape index (κ3) is 9.15. The van der Waals surface area contributed by atoms with Crippen molar-refractivity contribution in [3.8, 4) is 0 Å². The van der Waals surface area contributed by atoms with Gasteiger partial charge in [-0.1, -0.05) is 78.1 Å². The Morgan fingerprint density at radius 2 is 1.09 bits per heavy atom. The molecule has 0 aromatic heterocycles. The van der Waals surface area contributed by atoms with E-state index in [9.17, 15) is 0 Å². The minimum atomic E-state index is 0.872. The Hall–Kier alpha value is -0.0800. The lowest BCUT2D eigenvalue weighted by Crippen LogP contribution is -2.49. The van der Waals surface area contributed by atoms with Gasteiger partial charge < -0.3 is 4.90 Å². The van der Waals surface area contributed by atoms with Crippen molar-refractivity contribution >= 4 is 0 Å².